The normalized spacial score (nSPS) is 13.2. The van der Waals surface area contributed by atoms with E-state index in [0.29, 0.717) is 22.8 Å². The van der Waals surface area contributed by atoms with Crippen molar-refractivity contribution in [2.24, 2.45) is 5.73 Å². The zero-order chi connectivity index (χ0) is 16.0. The van der Waals surface area contributed by atoms with Crippen LogP contribution in [-0.2, 0) is 0 Å². The first-order valence-electron chi connectivity index (χ1n) is 7.19. The molecule has 0 spiro atoms. The monoisotopic (exact) mass is 310 g/mol. The highest BCUT2D eigenvalue weighted by Crippen LogP contribution is 2.19. The Morgan fingerprint density at radius 1 is 1.43 bits per heavy atom. The quantitative estimate of drug-likeness (QED) is 0.721. The van der Waals surface area contributed by atoms with E-state index in [1.165, 1.54) is 0 Å². The van der Waals surface area contributed by atoms with E-state index in [0.717, 1.165) is 6.42 Å². The van der Waals surface area contributed by atoms with E-state index in [2.05, 4.69) is 25.7 Å². The summed E-state index contributed by atoms with van der Waals surface area (Å²) in [4.78, 5) is 2.44. The third kappa shape index (κ3) is 5.26. The Hall–Kier alpha value is -1.17. The first kappa shape index (κ1) is 17.9. The number of benzene rings is 1. The maximum atomic E-state index is 10.1. The summed E-state index contributed by atoms with van der Waals surface area (Å²) in [6.45, 7) is 7.21. The molecule has 0 aliphatic carbocycles. The lowest BCUT2D eigenvalue weighted by Crippen LogP contribution is -2.45. The van der Waals surface area contributed by atoms with Crippen molar-refractivity contribution < 1.29 is 9.84 Å². The number of aliphatic hydroxyl groups excluding tert-OH is 1. The minimum Gasteiger partial charge on any atom is -0.490 e. The molecule has 4 nitrogen and oxygen atoms in total. The second-order valence-corrected chi connectivity index (χ2v) is 6.31. The van der Waals surface area contributed by atoms with Gasteiger partial charge < -0.3 is 15.6 Å². The summed E-state index contributed by atoms with van der Waals surface area (Å²) in [5, 5.41) is 10.1. The van der Waals surface area contributed by atoms with Gasteiger partial charge in [-0.1, -0.05) is 31.3 Å². The highest BCUT2D eigenvalue weighted by atomic mass is 32.1. The molecular weight excluding hydrogens is 284 g/mol. The van der Waals surface area contributed by atoms with Gasteiger partial charge in [-0.3, -0.25) is 4.90 Å². The van der Waals surface area contributed by atoms with E-state index in [4.69, 9.17) is 22.7 Å². The molecule has 0 aromatic heterocycles. The van der Waals surface area contributed by atoms with Crippen molar-refractivity contribution in [2.45, 2.75) is 38.8 Å². The van der Waals surface area contributed by atoms with E-state index >= 15 is 0 Å². The van der Waals surface area contributed by atoms with Crippen LogP contribution in [0.5, 0.6) is 5.75 Å². The molecule has 1 rings (SSSR count). The van der Waals surface area contributed by atoms with Gasteiger partial charge in [0.2, 0.25) is 0 Å². The number of para-hydroxylation sites is 1. The Labute approximate surface area is 132 Å². The molecule has 5 heteroatoms. The Morgan fingerprint density at radius 3 is 2.62 bits per heavy atom. The number of likely N-dealkylation sites (N-methyl/N-ethyl adjacent to an activating group) is 1. The minimum absolute atomic E-state index is 0.0533. The Morgan fingerprint density at radius 2 is 2.05 bits per heavy atom. The van der Waals surface area contributed by atoms with Crippen LogP contribution in [0.3, 0.4) is 0 Å². The predicted molar refractivity (Wildman–Crippen MR) is 90.8 cm³/mol. The van der Waals surface area contributed by atoms with Crippen LogP contribution in [0, 0.1) is 0 Å². The molecule has 1 aromatic rings. The Kier molecular flexibility index (Phi) is 6.58. The molecule has 118 valence electrons. The molecule has 1 aromatic carbocycles. The van der Waals surface area contributed by atoms with Gasteiger partial charge in [-0.15, -0.1) is 0 Å². The number of thiocarbonyl (C=S) groups is 1. The number of nitrogens with zero attached hydrogens (tertiary/aromatic N) is 1. The summed E-state index contributed by atoms with van der Waals surface area (Å²) in [6, 6.07) is 7.34. The molecule has 0 bridgehead atoms. The van der Waals surface area contributed by atoms with E-state index in [1.807, 2.05) is 25.2 Å². The topological polar surface area (TPSA) is 58.7 Å². The van der Waals surface area contributed by atoms with Gasteiger partial charge in [0.15, 0.2) is 0 Å². The fourth-order valence-electron chi connectivity index (χ4n) is 1.87. The van der Waals surface area contributed by atoms with Gasteiger partial charge in [-0.2, -0.15) is 0 Å². The lowest BCUT2D eigenvalue weighted by atomic mass is 10.00. The molecule has 0 aliphatic rings. The number of hydrogen-bond donors (Lipinski definition) is 2. The van der Waals surface area contributed by atoms with Crippen LogP contribution in [0.4, 0.5) is 0 Å². The number of rotatable bonds is 8. The highest BCUT2D eigenvalue weighted by Gasteiger charge is 2.23. The van der Waals surface area contributed by atoms with E-state index in [9.17, 15) is 5.11 Å². The molecule has 0 heterocycles. The summed E-state index contributed by atoms with van der Waals surface area (Å²) in [7, 11) is 2.01. The van der Waals surface area contributed by atoms with E-state index in [1.54, 1.807) is 6.07 Å². The largest absolute Gasteiger partial charge is 0.490 e. The van der Waals surface area contributed by atoms with Crippen molar-refractivity contribution >= 4 is 17.2 Å². The van der Waals surface area contributed by atoms with Gasteiger partial charge in [0, 0.05) is 12.1 Å². The molecule has 0 saturated heterocycles. The van der Waals surface area contributed by atoms with Gasteiger partial charge in [0.1, 0.15) is 23.4 Å². The molecule has 3 N–H and O–H groups in total. The van der Waals surface area contributed by atoms with Crippen LogP contribution >= 0.6 is 12.2 Å². The Bertz CT molecular complexity index is 477. The van der Waals surface area contributed by atoms with Crippen LogP contribution in [-0.4, -0.2) is 46.8 Å². The molecule has 1 atom stereocenters. The van der Waals surface area contributed by atoms with Gasteiger partial charge in [-0.05, 0) is 39.4 Å². The number of aliphatic hydroxyl groups is 1. The fourth-order valence-corrected chi connectivity index (χ4v) is 2.04. The van der Waals surface area contributed by atoms with Crippen molar-refractivity contribution in [3.05, 3.63) is 29.8 Å². The van der Waals surface area contributed by atoms with Crippen LogP contribution in [0.25, 0.3) is 0 Å². The molecule has 1 unspecified atom stereocenters. The van der Waals surface area contributed by atoms with Crippen molar-refractivity contribution in [1.82, 2.24) is 4.90 Å². The van der Waals surface area contributed by atoms with Crippen LogP contribution in [0.2, 0.25) is 0 Å². The molecular formula is C16H26N2O2S. The summed E-state index contributed by atoms with van der Waals surface area (Å²) in [5.74, 6) is 0.612. The summed E-state index contributed by atoms with van der Waals surface area (Å²) in [6.07, 6.45) is 0.446. The van der Waals surface area contributed by atoms with Gasteiger partial charge in [0.25, 0.3) is 0 Å². The SMILES string of the molecule is CCC(C)(C)N(C)CC(O)COc1ccccc1C(N)=S. The fraction of sp³-hybridized carbons (Fsp3) is 0.562. The van der Waals surface area contributed by atoms with Crippen LogP contribution in [0.1, 0.15) is 32.8 Å². The van der Waals surface area contributed by atoms with Crippen molar-refractivity contribution in [1.29, 1.82) is 0 Å². The van der Waals surface area contributed by atoms with Gasteiger partial charge in [0.05, 0.1) is 5.56 Å². The molecule has 0 aliphatic heterocycles. The smallest absolute Gasteiger partial charge is 0.129 e. The lowest BCUT2D eigenvalue weighted by Gasteiger charge is -2.36. The summed E-state index contributed by atoms with van der Waals surface area (Å²) < 4.78 is 5.66. The van der Waals surface area contributed by atoms with Crippen molar-refractivity contribution in [3.63, 3.8) is 0 Å². The van der Waals surface area contributed by atoms with Crippen molar-refractivity contribution in [3.8, 4) is 5.75 Å². The zero-order valence-electron chi connectivity index (χ0n) is 13.3. The first-order chi connectivity index (χ1) is 9.77. The average molecular weight is 310 g/mol. The number of nitrogens with two attached hydrogens (primary N) is 1. The van der Waals surface area contributed by atoms with Crippen LogP contribution in [0.15, 0.2) is 24.3 Å². The van der Waals surface area contributed by atoms with Crippen LogP contribution < -0.4 is 10.5 Å². The van der Waals surface area contributed by atoms with E-state index < -0.39 is 6.10 Å². The maximum Gasteiger partial charge on any atom is 0.129 e. The first-order valence-corrected chi connectivity index (χ1v) is 7.59. The highest BCUT2D eigenvalue weighted by molar-refractivity contribution is 7.80. The third-order valence-electron chi connectivity index (χ3n) is 3.97. The van der Waals surface area contributed by atoms with Crippen molar-refractivity contribution in [2.75, 3.05) is 20.2 Å². The molecule has 0 saturated carbocycles. The lowest BCUT2D eigenvalue weighted by molar-refractivity contribution is 0.0406. The number of hydrogen-bond acceptors (Lipinski definition) is 4. The van der Waals surface area contributed by atoms with Gasteiger partial charge in [-0.25, -0.2) is 0 Å². The molecule has 21 heavy (non-hydrogen) atoms. The summed E-state index contributed by atoms with van der Waals surface area (Å²) >= 11 is 4.99. The maximum absolute atomic E-state index is 10.1. The zero-order valence-corrected chi connectivity index (χ0v) is 14.1. The molecule has 0 radical (unpaired) electrons. The molecule has 0 fully saturated rings. The predicted octanol–water partition coefficient (Wildman–Crippen LogP) is 2.18. The minimum atomic E-state index is -0.569. The van der Waals surface area contributed by atoms with E-state index in [-0.39, 0.29) is 12.1 Å². The second-order valence-electron chi connectivity index (χ2n) is 5.87. The standard InChI is InChI=1S/C16H26N2O2S/c1-5-16(2,3)18(4)10-12(19)11-20-14-9-7-6-8-13(14)15(17)21/h6-9,12,19H,5,10-11H2,1-4H3,(H2,17,21). The average Bonchev–Trinajstić information content (AvgIpc) is 2.45. The third-order valence-corrected chi connectivity index (χ3v) is 4.19. The second kappa shape index (κ2) is 7.73. The molecule has 0 amide bonds. The van der Waals surface area contributed by atoms with Gasteiger partial charge >= 0.3 is 0 Å². The summed E-state index contributed by atoms with van der Waals surface area (Å²) in [5.41, 5.74) is 6.41. The Balaban J connectivity index is 2.58. The number of ether oxygens (including phenoxy) is 1. The number of β-amino-alcohol motifs (C(OH)–C–C–N with tert-alkyl or cyclic N) is 1.